The number of rotatable bonds is 4. The van der Waals surface area contributed by atoms with Gasteiger partial charge in [-0.15, -0.1) is 11.8 Å². The molecule has 0 radical (unpaired) electrons. The largest absolute Gasteiger partial charge is 0.316 e. The second-order valence-electron chi connectivity index (χ2n) is 3.62. The van der Waals surface area contributed by atoms with Crippen LogP contribution in [0.3, 0.4) is 0 Å². The van der Waals surface area contributed by atoms with Gasteiger partial charge in [0, 0.05) is 9.37 Å². The Hall–Kier alpha value is 0.01000. The van der Waals surface area contributed by atoms with Gasteiger partial charge in [-0.1, -0.05) is 22.0 Å². The smallest absolute Gasteiger partial charge is 0.0186 e. The molecule has 1 saturated heterocycles. The molecule has 0 unspecified atom stereocenters. The zero-order valence-corrected chi connectivity index (χ0v) is 10.4. The van der Waals surface area contributed by atoms with Crippen molar-refractivity contribution in [3.05, 3.63) is 28.7 Å². The summed E-state index contributed by atoms with van der Waals surface area (Å²) in [4.78, 5) is 1.37. The molecule has 14 heavy (non-hydrogen) atoms. The average Bonchev–Trinajstić information content (AvgIpc) is 2.09. The van der Waals surface area contributed by atoms with Crippen LogP contribution in [-0.4, -0.2) is 18.8 Å². The molecule has 1 aliphatic heterocycles. The normalized spacial score (nSPS) is 16.6. The summed E-state index contributed by atoms with van der Waals surface area (Å²) in [6, 6.07) is 8.52. The summed E-state index contributed by atoms with van der Waals surface area (Å²) in [5.74, 6) is 2.16. The molecule has 1 N–H and O–H groups in total. The molecule has 1 fully saturated rings. The van der Waals surface area contributed by atoms with Crippen LogP contribution in [0.5, 0.6) is 0 Å². The predicted octanol–water partition coefficient (Wildman–Crippen LogP) is 3.15. The standard InChI is InChI=1S/C11H14BrNS/c12-10-2-1-3-11(6-10)14-5-4-9-7-13-8-9/h1-3,6,9,13H,4-5,7-8H2. The zero-order chi connectivity index (χ0) is 9.80. The van der Waals surface area contributed by atoms with Crippen LogP contribution in [0.2, 0.25) is 0 Å². The zero-order valence-electron chi connectivity index (χ0n) is 8.00. The highest BCUT2D eigenvalue weighted by Gasteiger charge is 2.15. The van der Waals surface area contributed by atoms with Crippen molar-refractivity contribution in [3.8, 4) is 0 Å². The first-order valence-electron chi connectivity index (χ1n) is 4.94. The van der Waals surface area contributed by atoms with Crippen molar-refractivity contribution in [2.24, 2.45) is 5.92 Å². The molecule has 0 saturated carbocycles. The van der Waals surface area contributed by atoms with E-state index < -0.39 is 0 Å². The van der Waals surface area contributed by atoms with Crippen LogP contribution in [0.4, 0.5) is 0 Å². The van der Waals surface area contributed by atoms with E-state index in [9.17, 15) is 0 Å². The number of hydrogen-bond donors (Lipinski definition) is 1. The first kappa shape index (κ1) is 10.5. The van der Waals surface area contributed by atoms with Gasteiger partial charge in [0.25, 0.3) is 0 Å². The van der Waals surface area contributed by atoms with E-state index in [-0.39, 0.29) is 0 Å². The number of benzene rings is 1. The highest BCUT2D eigenvalue weighted by molar-refractivity contribution is 9.10. The van der Waals surface area contributed by atoms with Crippen molar-refractivity contribution in [1.82, 2.24) is 5.32 Å². The van der Waals surface area contributed by atoms with Gasteiger partial charge < -0.3 is 5.32 Å². The minimum atomic E-state index is 0.926. The number of halogens is 1. The molecule has 0 amide bonds. The van der Waals surface area contributed by atoms with Gasteiger partial charge in [-0.25, -0.2) is 0 Å². The first-order valence-corrected chi connectivity index (χ1v) is 6.71. The van der Waals surface area contributed by atoms with Gasteiger partial charge in [0.05, 0.1) is 0 Å². The van der Waals surface area contributed by atoms with Crippen molar-refractivity contribution in [2.75, 3.05) is 18.8 Å². The Kier molecular flexibility index (Phi) is 3.90. The minimum Gasteiger partial charge on any atom is -0.316 e. The van der Waals surface area contributed by atoms with Gasteiger partial charge in [0.1, 0.15) is 0 Å². The molecule has 0 aromatic heterocycles. The quantitative estimate of drug-likeness (QED) is 0.845. The third-order valence-corrected chi connectivity index (χ3v) is 3.98. The summed E-state index contributed by atoms with van der Waals surface area (Å²) >= 11 is 5.44. The van der Waals surface area contributed by atoms with Crippen molar-refractivity contribution in [1.29, 1.82) is 0 Å². The van der Waals surface area contributed by atoms with Crippen molar-refractivity contribution in [2.45, 2.75) is 11.3 Å². The fraction of sp³-hybridized carbons (Fsp3) is 0.455. The van der Waals surface area contributed by atoms with E-state index >= 15 is 0 Å². The molecule has 1 nitrogen and oxygen atoms in total. The van der Waals surface area contributed by atoms with Gasteiger partial charge >= 0.3 is 0 Å². The van der Waals surface area contributed by atoms with Crippen LogP contribution < -0.4 is 5.32 Å². The third-order valence-electron chi connectivity index (χ3n) is 2.46. The molecular formula is C11H14BrNS. The van der Waals surface area contributed by atoms with Crippen molar-refractivity contribution in [3.63, 3.8) is 0 Å². The summed E-state index contributed by atoms with van der Waals surface area (Å²) in [7, 11) is 0. The number of thioether (sulfide) groups is 1. The van der Waals surface area contributed by atoms with Crippen LogP contribution >= 0.6 is 27.7 Å². The van der Waals surface area contributed by atoms with Crippen LogP contribution in [0.25, 0.3) is 0 Å². The average molecular weight is 272 g/mol. The van der Waals surface area contributed by atoms with Gasteiger partial charge in [-0.3, -0.25) is 0 Å². The molecule has 0 aliphatic carbocycles. The lowest BCUT2D eigenvalue weighted by Gasteiger charge is -2.26. The summed E-state index contributed by atoms with van der Waals surface area (Å²) in [5, 5.41) is 3.30. The fourth-order valence-electron chi connectivity index (χ4n) is 1.45. The van der Waals surface area contributed by atoms with Crippen molar-refractivity contribution >= 4 is 27.7 Å². The Bertz CT molecular complexity index is 299. The summed E-state index contributed by atoms with van der Waals surface area (Å²) < 4.78 is 1.17. The maximum atomic E-state index is 3.48. The molecule has 0 bridgehead atoms. The molecule has 1 aromatic rings. The Morgan fingerprint density at radius 3 is 2.93 bits per heavy atom. The maximum absolute atomic E-state index is 3.48. The maximum Gasteiger partial charge on any atom is 0.0186 e. The monoisotopic (exact) mass is 271 g/mol. The lowest BCUT2D eigenvalue weighted by atomic mass is 10.0. The van der Waals surface area contributed by atoms with Crippen LogP contribution in [-0.2, 0) is 0 Å². The van der Waals surface area contributed by atoms with Crippen LogP contribution in [0, 0.1) is 5.92 Å². The number of nitrogens with one attached hydrogen (secondary N) is 1. The SMILES string of the molecule is Brc1cccc(SCCC2CNC2)c1. The lowest BCUT2D eigenvalue weighted by Crippen LogP contribution is -2.42. The topological polar surface area (TPSA) is 12.0 Å². The van der Waals surface area contributed by atoms with E-state index in [1.54, 1.807) is 0 Å². The molecule has 1 heterocycles. The van der Waals surface area contributed by atoms with E-state index in [0.29, 0.717) is 0 Å². The van der Waals surface area contributed by atoms with Gasteiger partial charge in [0.2, 0.25) is 0 Å². The number of hydrogen-bond acceptors (Lipinski definition) is 2. The molecule has 1 aromatic carbocycles. The van der Waals surface area contributed by atoms with E-state index in [4.69, 9.17) is 0 Å². The second-order valence-corrected chi connectivity index (χ2v) is 5.70. The summed E-state index contributed by atoms with van der Waals surface area (Å²) in [6.45, 7) is 2.44. The van der Waals surface area contributed by atoms with Gasteiger partial charge in [0.15, 0.2) is 0 Å². The van der Waals surface area contributed by atoms with E-state index in [2.05, 4.69) is 45.5 Å². The van der Waals surface area contributed by atoms with E-state index in [1.807, 2.05) is 11.8 Å². The highest BCUT2D eigenvalue weighted by Crippen LogP contribution is 2.24. The Balaban J connectivity index is 1.74. The van der Waals surface area contributed by atoms with Crippen LogP contribution in [0.1, 0.15) is 6.42 Å². The third kappa shape index (κ3) is 3.01. The van der Waals surface area contributed by atoms with Gasteiger partial charge in [-0.05, 0) is 49.4 Å². The van der Waals surface area contributed by atoms with E-state index in [0.717, 1.165) is 5.92 Å². The Morgan fingerprint density at radius 1 is 1.43 bits per heavy atom. The highest BCUT2D eigenvalue weighted by atomic mass is 79.9. The predicted molar refractivity (Wildman–Crippen MR) is 65.8 cm³/mol. The first-order chi connectivity index (χ1) is 6.84. The lowest BCUT2D eigenvalue weighted by molar-refractivity contribution is 0.341. The molecule has 3 heteroatoms. The summed E-state index contributed by atoms with van der Waals surface area (Å²) in [6.07, 6.45) is 1.34. The molecular weight excluding hydrogens is 258 g/mol. The molecule has 2 rings (SSSR count). The Morgan fingerprint density at radius 2 is 2.29 bits per heavy atom. The summed E-state index contributed by atoms with van der Waals surface area (Å²) in [5.41, 5.74) is 0. The minimum absolute atomic E-state index is 0.926. The van der Waals surface area contributed by atoms with E-state index in [1.165, 1.54) is 34.6 Å². The van der Waals surface area contributed by atoms with Gasteiger partial charge in [-0.2, -0.15) is 0 Å². The molecule has 0 atom stereocenters. The molecule has 1 aliphatic rings. The van der Waals surface area contributed by atoms with Crippen molar-refractivity contribution < 1.29 is 0 Å². The fourth-order valence-corrected chi connectivity index (χ4v) is 3.08. The Labute approximate surface area is 97.8 Å². The van der Waals surface area contributed by atoms with Crippen LogP contribution in [0.15, 0.2) is 33.6 Å². The molecule has 0 spiro atoms. The second kappa shape index (κ2) is 5.19. The molecule has 76 valence electrons.